The number of ether oxygens (including phenoxy) is 3. The van der Waals surface area contributed by atoms with Crippen molar-refractivity contribution in [1.82, 2.24) is 10.2 Å². The highest BCUT2D eigenvalue weighted by Gasteiger charge is 2.15. The first-order chi connectivity index (χ1) is 13.5. The monoisotopic (exact) mass is 389 g/mol. The lowest BCUT2D eigenvalue weighted by molar-refractivity contribution is 0.106. The number of nitrogens with zero attached hydrogens (tertiary/aromatic N) is 2. The summed E-state index contributed by atoms with van der Waals surface area (Å²) in [6.45, 7) is 1.10. The maximum Gasteiger partial charge on any atom is 0.193 e. The van der Waals surface area contributed by atoms with Gasteiger partial charge in [0, 0.05) is 45.9 Å². The Balaban J connectivity index is 2.03. The Kier molecular flexibility index (Phi) is 8.07. The molecule has 7 heteroatoms. The van der Waals surface area contributed by atoms with Crippen molar-refractivity contribution in [1.29, 1.82) is 0 Å². The largest absolute Gasteiger partial charge is 0.497 e. The van der Waals surface area contributed by atoms with Gasteiger partial charge >= 0.3 is 0 Å². The number of benzene rings is 2. The second-order valence-electron chi connectivity index (χ2n) is 6.24. The van der Waals surface area contributed by atoms with Gasteiger partial charge in [-0.3, -0.25) is 4.99 Å². The summed E-state index contributed by atoms with van der Waals surface area (Å²) in [5, 5.41) is 3.31. The van der Waals surface area contributed by atoms with Gasteiger partial charge in [-0.1, -0.05) is 12.1 Å². The SMILES string of the molecule is CN=C(NCC(OC)c1ccc(F)cc1)N(C)Cc1ccc(OC)cc1OC. The van der Waals surface area contributed by atoms with E-state index in [1.54, 1.807) is 40.5 Å². The highest BCUT2D eigenvalue weighted by molar-refractivity contribution is 5.79. The number of halogens is 1. The molecule has 0 saturated carbocycles. The average molecular weight is 389 g/mol. The second kappa shape index (κ2) is 10.5. The number of guanidine groups is 1. The van der Waals surface area contributed by atoms with Crippen molar-refractivity contribution in [3.63, 3.8) is 0 Å². The van der Waals surface area contributed by atoms with Crippen LogP contribution in [-0.4, -0.2) is 52.8 Å². The highest BCUT2D eigenvalue weighted by Crippen LogP contribution is 2.25. The van der Waals surface area contributed by atoms with Crippen molar-refractivity contribution in [2.24, 2.45) is 4.99 Å². The third-order valence-electron chi connectivity index (χ3n) is 4.45. The van der Waals surface area contributed by atoms with Crippen LogP contribution in [0.1, 0.15) is 17.2 Å². The summed E-state index contributed by atoms with van der Waals surface area (Å²) in [5.41, 5.74) is 1.90. The Morgan fingerprint density at radius 3 is 2.39 bits per heavy atom. The number of rotatable bonds is 8. The van der Waals surface area contributed by atoms with Crippen LogP contribution in [0.5, 0.6) is 11.5 Å². The van der Waals surface area contributed by atoms with E-state index in [0.29, 0.717) is 19.0 Å². The van der Waals surface area contributed by atoms with Crippen molar-refractivity contribution in [3.05, 3.63) is 59.4 Å². The molecular formula is C21H28FN3O3. The number of nitrogens with one attached hydrogen (secondary N) is 1. The molecule has 0 aromatic heterocycles. The molecule has 0 saturated heterocycles. The van der Waals surface area contributed by atoms with Gasteiger partial charge in [0.15, 0.2) is 5.96 Å². The predicted molar refractivity (Wildman–Crippen MR) is 109 cm³/mol. The van der Waals surface area contributed by atoms with Gasteiger partial charge < -0.3 is 24.4 Å². The third-order valence-corrected chi connectivity index (χ3v) is 4.45. The normalized spacial score (nSPS) is 12.4. The summed E-state index contributed by atoms with van der Waals surface area (Å²) < 4.78 is 29.4. The lowest BCUT2D eigenvalue weighted by Crippen LogP contribution is -2.40. The molecule has 0 aliphatic carbocycles. The van der Waals surface area contributed by atoms with Gasteiger partial charge in [-0.25, -0.2) is 4.39 Å². The molecule has 0 aliphatic heterocycles. The van der Waals surface area contributed by atoms with E-state index in [1.807, 2.05) is 30.1 Å². The van der Waals surface area contributed by atoms with Crippen LogP contribution in [0.25, 0.3) is 0 Å². The lowest BCUT2D eigenvalue weighted by Gasteiger charge is -2.25. The van der Waals surface area contributed by atoms with Gasteiger partial charge in [0.05, 0.1) is 20.3 Å². The van der Waals surface area contributed by atoms with E-state index in [-0.39, 0.29) is 11.9 Å². The molecule has 2 rings (SSSR count). The zero-order valence-electron chi connectivity index (χ0n) is 17.0. The van der Waals surface area contributed by atoms with Crippen molar-refractivity contribution < 1.29 is 18.6 Å². The van der Waals surface area contributed by atoms with Gasteiger partial charge in [0.2, 0.25) is 0 Å². The molecule has 2 aromatic rings. The molecule has 2 aromatic carbocycles. The molecule has 0 aliphatic rings. The van der Waals surface area contributed by atoms with E-state index in [4.69, 9.17) is 14.2 Å². The molecule has 152 valence electrons. The molecule has 1 atom stereocenters. The Morgan fingerprint density at radius 2 is 1.82 bits per heavy atom. The molecule has 1 unspecified atom stereocenters. The van der Waals surface area contributed by atoms with Crippen LogP contribution < -0.4 is 14.8 Å². The molecule has 0 fully saturated rings. The smallest absolute Gasteiger partial charge is 0.193 e. The zero-order valence-corrected chi connectivity index (χ0v) is 17.0. The summed E-state index contributed by atoms with van der Waals surface area (Å²) in [6.07, 6.45) is -0.221. The van der Waals surface area contributed by atoms with Crippen molar-refractivity contribution in [2.75, 3.05) is 42.0 Å². The second-order valence-corrected chi connectivity index (χ2v) is 6.24. The predicted octanol–water partition coefficient (Wildman–Crippen LogP) is 3.24. The molecule has 0 spiro atoms. The topological polar surface area (TPSA) is 55.3 Å². The lowest BCUT2D eigenvalue weighted by atomic mass is 10.1. The molecule has 0 radical (unpaired) electrons. The maximum atomic E-state index is 13.1. The summed E-state index contributed by atoms with van der Waals surface area (Å²) in [5.74, 6) is 1.94. The van der Waals surface area contributed by atoms with Gasteiger partial charge in [-0.2, -0.15) is 0 Å². The quantitative estimate of drug-likeness (QED) is 0.555. The van der Waals surface area contributed by atoms with Crippen LogP contribution in [-0.2, 0) is 11.3 Å². The Labute approximate surface area is 165 Å². The molecule has 0 heterocycles. The fourth-order valence-electron chi connectivity index (χ4n) is 2.90. The van der Waals surface area contributed by atoms with Gasteiger partial charge in [0.25, 0.3) is 0 Å². The Hall–Kier alpha value is -2.80. The van der Waals surface area contributed by atoms with Gasteiger partial charge in [-0.05, 0) is 29.8 Å². The average Bonchev–Trinajstić information content (AvgIpc) is 2.72. The Bertz CT molecular complexity index is 781. The van der Waals surface area contributed by atoms with Crippen molar-refractivity contribution in [2.45, 2.75) is 12.6 Å². The first-order valence-corrected chi connectivity index (χ1v) is 8.93. The van der Waals surface area contributed by atoms with E-state index in [2.05, 4.69) is 10.3 Å². The number of hydrogen-bond acceptors (Lipinski definition) is 4. The van der Waals surface area contributed by atoms with Gasteiger partial charge in [0.1, 0.15) is 17.3 Å². The van der Waals surface area contributed by atoms with E-state index >= 15 is 0 Å². The minimum absolute atomic E-state index is 0.221. The number of methoxy groups -OCH3 is 3. The van der Waals surface area contributed by atoms with Crippen molar-refractivity contribution >= 4 is 5.96 Å². The van der Waals surface area contributed by atoms with Crippen LogP contribution in [0.15, 0.2) is 47.5 Å². The molecule has 28 heavy (non-hydrogen) atoms. The molecular weight excluding hydrogens is 361 g/mol. The number of hydrogen-bond donors (Lipinski definition) is 1. The van der Waals surface area contributed by atoms with E-state index < -0.39 is 0 Å². The zero-order chi connectivity index (χ0) is 20.5. The van der Waals surface area contributed by atoms with Crippen LogP contribution in [0.2, 0.25) is 0 Å². The first-order valence-electron chi connectivity index (χ1n) is 8.93. The third kappa shape index (κ3) is 5.60. The molecule has 6 nitrogen and oxygen atoms in total. The highest BCUT2D eigenvalue weighted by atomic mass is 19.1. The minimum atomic E-state index is -0.268. The standard InChI is InChI=1S/C21H28FN3O3/c1-23-21(24-13-20(28-5)15-6-9-17(22)10-7-15)25(2)14-16-8-11-18(26-3)12-19(16)27-4/h6-12,20H,13-14H2,1-5H3,(H,23,24). The molecule has 0 bridgehead atoms. The molecule has 1 N–H and O–H groups in total. The summed E-state index contributed by atoms with van der Waals surface area (Å²) in [4.78, 5) is 6.33. The van der Waals surface area contributed by atoms with Crippen LogP contribution in [0.3, 0.4) is 0 Å². The van der Waals surface area contributed by atoms with E-state index in [1.165, 1.54) is 12.1 Å². The maximum absolute atomic E-state index is 13.1. The van der Waals surface area contributed by atoms with Crippen LogP contribution in [0, 0.1) is 5.82 Å². The van der Waals surface area contributed by atoms with Gasteiger partial charge in [-0.15, -0.1) is 0 Å². The Morgan fingerprint density at radius 1 is 1.11 bits per heavy atom. The summed E-state index contributed by atoms with van der Waals surface area (Å²) in [7, 11) is 8.56. The fraction of sp³-hybridized carbons (Fsp3) is 0.381. The first kappa shape index (κ1) is 21.5. The van der Waals surface area contributed by atoms with E-state index in [0.717, 1.165) is 22.6 Å². The van der Waals surface area contributed by atoms with E-state index in [9.17, 15) is 4.39 Å². The summed E-state index contributed by atoms with van der Waals surface area (Å²) in [6, 6.07) is 12.0. The number of aliphatic imine (C=N–C) groups is 1. The van der Waals surface area contributed by atoms with Crippen LogP contribution >= 0.6 is 0 Å². The molecule has 0 amide bonds. The van der Waals surface area contributed by atoms with Crippen LogP contribution in [0.4, 0.5) is 4.39 Å². The summed E-state index contributed by atoms with van der Waals surface area (Å²) >= 11 is 0. The van der Waals surface area contributed by atoms with Crippen molar-refractivity contribution in [3.8, 4) is 11.5 Å². The fourth-order valence-corrected chi connectivity index (χ4v) is 2.90. The minimum Gasteiger partial charge on any atom is -0.497 e.